The number of carbonyl (C=O) groups is 6. The van der Waals surface area contributed by atoms with Crippen LogP contribution >= 0.6 is 0 Å². The maximum Gasteiger partial charge on any atom is 0.331 e. The molecule has 34 heavy (non-hydrogen) atoms. The number of benzene rings is 1. The Balaban J connectivity index is 1.58. The highest BCUT2D eigenvalue weighted by atomic mass is 16.4. The largest absolute Gasteiger partial charge is 0.479 e. The number of carboxylic acid groups (broad SMARTS) is 1. The first kappa shape index (κ1) is 22.7. The number of carbonyl (C=O) groups excluding carboxylic acids is 5. The minimum absolute atomic E-state index is 0.0896. The Hall–Kier alpha value is -4.48. The molecule has 0 bridgehead atoms. The SMILES string of the molecule is C[C@@](CN1C(=O)CCC(N2C(=O)c3ccccc3C2=O)C1=O)(NC(=O)c1ncccn1)C(=O)O. The van der Waals surface area contributed by atoms with E-state index in [0.717, 1.165) is 11.8 Å². The van der Waals surface area contributed by atoms with Crippen LogP contribution in [0.1, 0.15) is 51.1 Å². The molecule has 1 aromatic carbocycles. The maximum absolute atomic E-state index is 13.2. The number of imide groups is 2. The van der Waals surface area contributed by atoms with Crippen LogP contribution in [-0.2, 0) is 14.4 Å². The van der Waals surface area contributed by atoms with Crippen LogP contribution in [0.4, 0.5) is 0 Å². The Morgan fingerprint density at radius 1 is 1.06 bits per heavy atom. The lowest BCUT2D eigenvalue weighted by Crippen LogP contribution is -2.64. The van der Waals surface area contributed by atoms with Gasteiger partial charge in [0.15, 0.2) is 5.54 Å². The zero-order valence-electron chi connectivity index (χ0n) is 17.9. The van der Waals surface area contributed by atoms with Gasteiger partial charge < -0.3 is 10.4 Å². The zero-order valence-corrected chi connectivity index (χ0v) is 17.9. The Bertz CT molecular complexity index is 1200. The quantitative estimate of drug-likeness (QED) is 0.552. The van der Waals surface area contributed by atoms with E-state index < -0.39 is 53.6 Å². The zero-order chi connectivity index (χ0) is 24.6. The molecule has 0 radical (unpaired) electrons. The molecule has 1 aromatic heterocycles. The summed E-state index contributed by atoms with van der Waals surface area (Å²) in [6.45, 7) is 0.403. The predicted octanol–water partition coefficient (Wildman–Crippen LogP) is -0.136. The summed E-state index contributed by atoms with van der Waals surface area (Å²) >= 11 is 0. The molecule has 2 aliphatic rings. The summed E-state index contributed by atoms with van der Waals surface area (Å²) in [6.07, 6.45) is 2.30. The molecule has 2 atom stereocenters. The van der Waals surface area contributed by atoms with E-state index in [1.807, 2.05) is 0 Å². The fourth-order valence-corrected chi connectivity index (χ4v) is 3.92. The highest BCUT2D eigenvalue weighted by molar-refractivity contribution is 6.23. The molecule has 1 fully saturated rings. The van der Waals surface area contributed by atoms with Crippen molar-refractivity contribution in [1.82, 2.24) is 25.1 Å². The number of piperidine rings is 1. The molecular weight excluding hydrogens is 446 g/mol. The number of aliphatic carboxylic acids is 1. The van der Waals surface area contributed by atoms with Crippen LogP contribution < -0.4 is 5.32 Å². The molecule has 2 aliphatic heterocycles. The van der Waals surface area contributed by atoms with Crippen LogP contribution in [0.25, 0.3) is 0 Å². The molecule has 5 amide bonds. The number of rotatable bonds is 6. The summed E-state index contributed by atoms with van der Waals surface area (Å²) in [5.74, 6) is -5.64. The standard InChI is InChI=1S/C22H19N5O7/c1-22(21(33)34,25-17(29)16-23-9-4-10-24-16)11-26-15(28)8-7-14(20(26)32)27-18(30)12-5-2-3-6-13(12)19(27)31/h2-6,9-10,14H,7-8,11H2,1H3,(H,25,29)(H,33,34)/t14?,22-/m0/s1. The molecule has 1 unspecified atom stereocenters. The number of nitrogens with zero attached hydrogens (tertiary/aromatic N) is 4. The third-order valence-electron chi connectivity index (χ3n) is 5.73. The van der Waals surface area contributed by atoms with Gasteiger partial charge in [0, 0.05) is 18.8 Å². The van der Waals surface area contributed by atoms with Crippen LogP contribution in [0, 0.1) is 0 Å². The summed E-state index contributed by atoms with van der Waals surface area (Å²) in [7, 11) is 0. The number of carboxylic acids is 1. The topological polar surface area (TPSA) is 167 Å². The third kappa shape index (κ3) is 3.78. The molecule has 0 spiro atoms. The number of hydrogen-bond donors (Lipinski definition) is 2. The van der Waals surface area contributed by atoms with Crippen molar-refractivity contribution in [2.45, 2.75) is 31.3 Å². The molecular formula is C22H19N5O7. The van der Waals surface area contributed by atoms with Crippen molar-refractivity contribution in [1.29, 1.82) is 0 Å². The second-order valence-electron chi connectivity index (χ2n) is 8.06. The summed E-state index contributed by atoms with van der Waals surface area (Å²) in [6, 6.07) is 6.30. The molecule has 0 aliphatic carbocycles. The first-order chi connectivity index (χ1) is 16.1. The van der Waals surface area contributed by atoms with Gasteiger partial charge in [0.2, 0.25) is 11.7 Å². The fourth-order valence-electron chi connectivity index (χ4n) is 3.92. The van der Waals surface area contributed by atoms with Gasteiger partial charge in [-0.1, -0.05) is 12.1 Å². The Kier molecular flexibility index (Phi) is 5.65. The minimum atomic E-state index is -2.09. The first-order valence-corrected chi connectivity index (χ1v) is 10.3. The molecule has 0 saturated carbocycles. The molecule has 1 saturated heterocycles. The first-order valence-electron chi connectivity index (χ1n) is 10.3. The van der Waals surface area contributed by atoms with E-state index in [9.17, 15) is 33.9 Å². The van der Waals surface area contributed by atoms with Gasteiger partial charge in [-0.05, 0) is 31.5 Å². The lowest BCUT2D eigenvalue weighted by molar-refractivity contribution is -0.155. The van der Waals surface area contributed by atoms with Crippen molar-refractivity contribution in [2.24, 2.45) is 0 Å². The molecule has 12 nitrogen and oxygen atoms in total. The number of aromatic nitrogens is 2. The van der Waals surface area contributed by atoms with E-state index in [1.165, 1.54) is 30.6 Å². The fraction of sp³-hybridized carbons (Fsp3) is 0.273. The monoisotopic (exact) mass is 465 g/mol. The number of amides is 5. The molecule has 2 aromatic rings. The van der Waals surface area contributed by atoms with Crippen molar-refractivity contribution in [3.8, 4) is 0 Å². The summed E-state index contributed by atoms with van der Waals surface area (Å²) in [4.78, 5) is 85.0. The van der Waals surface area contributed by atoms with Crippen LogP contribution in [0.15, 0.2) is 42.7 Å². The van der Waals surface area contributed by atoms with E-state index in [-0.39, 0.29) is 29.8 Å². The van der Waals surface area contributed by atoms with Crippen LogP contribution in [-0.4, -0.2) is 78.5 Å². The highest BCUT2D eigenvalue weighted by Gasteiger charge is 2.49. The smallest absolute Gasteiger partial charge is 0.331 e. The molecule has 174 valence electrons. The lowest BCUT2D eigenvalue weighted by atomic mass is 9.96. The van der Waals surface area contributed by atoms with E-state index in [2.05, 4.69) is 15.3 Å². The van der Waals surface area contributed by atoms with Gasteiger partial charge in [-0.15, -0.1) is 0 Å². The summed E-state index contributed by atoms with van der Waals surface area (Å²) in [5.41, 5.74) is -1.80. The van der Waals surface area contributed by atoms with Gasteiger partial charge in [-0.25, -0.2) is 14.8 Å². The van der Waals surface area contributed by atoms with Crippen LogP contribution in [0.3, 0.4) is 0 Å². The number of likely N-dealkylation sites (tertiary alicyclic amines) is 1. The van der Waals surface area contributed by atoms with E-state index in [0.29, 0.717) is 4.90 Å². The molecule has 2 N–H and O–H groups in total. The molecule has 12 heteroatoms. The Morgan fingerprint density at radius 3 is 2.21 bits per heavy atom. The van der Waals surface area contributed by atoms with Gasteiger partial charge in [-0.3, -0.25) is 33.8 Å². The average molecular weight is 465 g/mol. The van der Waals surface area contributed by atoms with Gasteiger partial charge in [-0.2, -0.15) is 0 Å². The second kappa shape index (κ2) is 8.46. The van der Waals surface area contributed by atoms with Gasteiger partial charge in [0.25, 0.3) is 23.6 Å². The Labute approximate surface area is 192 Å². The Morgan fingerprint density at radius 2 is 1.65 bits per heavy atom. The highest BCUT2D eigenvalue weighted by Crippen LogP contribution is 2.29. The summed E-state index contributed by atoms with van der Waals surface area (Å²) in [5, 5.41) is 12.0. The van der Waals surface area contributed by atoms with E-state index in [1.54, 1.807) is 12.1 Å². The van der Waals surface area contributed by atoms with Crippen molar-refractivity contribution < 1.29 is 33.9 Å². The van der Waals surface area contributed by atoms with Gasteiger partial charge in [0.05, 0.1) is 17.7 Å². The van der Waals surface area contributed by atoms with Crippen LogP contribution in [0.2, 0.25) is 0 Å². The minimum Gasteiger partial charge on any atom is -0.479 e. The predicted molar refractivity (Wildman–Crippen MR) is 112 cm³/mol. The average Bonchev–Trinajstić information content (AvgIpc) is 3.07. The molecule has 3 heterocycles. The molecule has 4 rings (SSSR count). The van der Waals surface area contributed by atoms with Crippen LogP contribution in [0.5, 0.6) is 0 Å². The normalized spacial score (nSPS) is 19.6. The van der Waals surface area contributed by atoms with Crippen molar-refractivity contribution in [2.75, 3.05) is 6.54 Å². The lowest BCUT2D eigenvalue weighted by Gasteiger charge is -2.38. The summed E-state index contributed by atoms with van der Waals surface area (Å²) < 4.78 is 0. The maximum atomic E-state index is 13.2. The van der Waals surface area contributed by atoms with E-state index >= 15 is 0 Å². The van der Waals surface area contributed by atoms with Gasteiger partial charge >= 0.3 is 5.97 Å². The van der Waals surface area contributed by atoms with E-state index in [4.69, 9.17) is 0 Å². The third-order valence-corrected chi connectivity index (χ3v) is 5.73. The number of nitrogens with one attached hydrogen (secondary N) is 1. The van der Waals surface area contributed by atoms with Crippen molar-refractivity contribution in [3.63, 3.8) is 0 Å². The van der Waals surface area contributed by atoms with Crippen molar-refractivity contribution >= 4 is 35.5 Å². The second-order valence-corrected chi connectivity index (χ2v) is 8.06. The number of fused-ring (bicyclic) bond motifs is 1. The van der Waals surface area contributed by atoms with Crippen molar-refractivity contribution in [3.05, 3.63) is 59.7 Å². The number of hydrogen-bond acceptors (Lipinski definition) is 8. The van der Waals surface area contributed by atoms with Gasteiger partial charge in [0.1, 0.15) is 6.04 Å².